The quantitative estimate of drug-likeness (QED) is 0.513. The zero-order valence-electron chi connectivity index (χ0n) is 17.0. The predicted octanol–water partition coefficient (Wildman–Crippen LogP) is 6.52. The van der Waals surface area contributed by atoms with E-state index in [1.807, 2.05) is 54.6 Å². The highest BCUT2D eigenvalue weighted by Crippen LogP contribution is 2.43. The van der Waals surface area contributed by atoms with Gasteiger partial charge in [0.15, 0.2) is 5.76 Å². The molecule has 3 aromatic rings. The highest BCUT2D eigenvalue weighted by Gasteiger charge is 2.40. The molecule has 3 aromatic carbocycles. The summed E-state index contributed by atoms with van der Waals surface area (Å²) in [5.41, 5.74) is 4.66. The van der Waals surface area contributed by atoms with Gasteiger partial charge in [-0.25, -0.2) is 0 Å². The molecule has 1 aliphatic heterocycles. The number of halogens is 1. The van der Waals surface area contributed by atoms with Crippen LogP contribution in [0, 0.1) is 0 Å². The number of hydrogen-bond acceptors (Lipinski definition) is 2. The summed E-state index contributed by atoms with van der Waals surface area (Å²) >= 11 is 6.02. The van der Waals surface area contributed by atoms with Gasteiger partial charge in [0.05, 0.1) is 6.04 Å². The van der Waals surface area contributed by atoms with E-state index < -0.39 is 0 Å². The molecular weight excluding hydrogens is 394 g/mol. The van der Waals surface area contributed by atoms with E-state index in [2.05, 4.69) is 38.1 Å². The maximum absolute atomic E-state index is 13.1. The third-order valence-corrected chi connectivity index (χ3v) is 5.83. The normalized spacial score (nSPS) is 16.6. The molecule has 0 spiro atoms. The van der Waals surface area contributed by atoms with Crippen LogP contribution in [0.5, 0.6) is 0 Å². The topological polar surface area (TPSA) is 40.5 Å². The number of aliphatic hydroxyl groups is 1. The van der Waals surface area contributed by atoms with Crippen LogP contribution in [-0.4, -0.2) is 15.9 Å². The van der Waals surface area contributed by atoms with E-state index in [1.165, 1.54) is 5.56 Å². The summed E-state index contributed by atoms with van der Waals surface area (Å²) in [4.78, 5) is 14.8. The molecule has 30 heavy (non-hydrogen) atoms. The Morgan fingerprint density at radius 2 is 1.57 bits per heavy atom. The van der Waals surface area contributed by atoms with Gasteiger partial charge in [0, 0.05) is 17.1 Å². The Balaban J connectivity index is 1.78. The highest BCUT2D eigenvalue weighted by molar-refractivity contribution is 6.30. The minimum absolute atomic E-state index is 0.187. The molecule has 0 unspecified atom stereocenters. The van der Waals surface area contributed by atoms with Crippen molar-refractivity contribution >= 4 is 23.1 Å². The van der Waals surface area contributed by atoms with Gasteiger partial charge in [0.25, 0.3) is 5.91 Å². The van der Waals surface area contributed by atoms with E-state index in [0.717, 1.165) is 16.7 Å². The SMILES string of the molecule is CC(C)c1ccc([C@@H]2C(c3ccccc3)=C(O)C(=O)N2Cc2ccc(Cl)cc2)cc1. The molecule has 0 saturated heterocycles. The second-order valence-corrected chi connectivity index (χ2v) is 8.35. The molecule has 4 heteroatoms. The zero-order valence-corrected chi connectivity index (χ0v) is 17.8. The van der Waals surface area contributed by atoms with E-state index in [4.69, 9.17) is 11.6 Å². The molecule has 0 aliphatic carbocycles. The van der Waals surface area contributed by atoms with Crippen LogP contribution >= 0.6 is 11.6 Å². The minimum Gasteiger partial charge on any atom is -0.503 e. The van der Waals surface area contributed by atoms with Crippen molar-refractivity contribution in [2.75, 3.05) is 0 Å². The Labute approximate surface area is 182 Å². The Morgan fingerprint density at radius 1 is 0.933 bits per heavy atom. The van der Waals surface area contributed by atoms with Gasteiger partial charge >= 0.3 is 0 Å². The third-order valence-electron chi connectivity index (χ3n) is 5.57. The highest BCUT2D eigenvalue weighted by atomic mass is 35.5. The first kappa shape index (κ1) is 20.2. The molecule has 1 aliphatic rings. The summed E-state index contributed by atoms with van der Waals surface area (Å²) in [6, 6.07) is 25.0. The lowest BCUT2D eigenvalue weighted by atomic mass is 9.91. The molecule has 0 bridgehead atoms. The molecule has 1 amide bonds. The Morgan fingerprint density at radius 3 is 2.17 bits per heavy atom. The first-order valence-electron chi connectivity index (χ1n) is 10.1. The Hall–Kier alpha value is -3.04. The number of carbonyl (C=O) groups is 1. The van der Waals surface area contributed by atoms with Crippen molar-refractivity contribution in [1.82, 2.24) is 4.90 Å². The number of nitrogens with zero attached hydrogens (tertiary/aromatic N) is 1. The summed E-state index contributed by atoms with van der Waals surface area (Å²) in [6.45, 7) is 4.69. The molecule has 1 heterocycles. The second-order valence-electron chi connectivity index (χ2n) is 7.91. The van der Waals surface area contributed by atoms with Gasteiger partial charge in [-0.3, -0.25) is 4.79 Å². The molecule has 0 aromatic heterocycles. The summed E-state index contributed by atoms with van der Waals surface area (Å²) < 4.78 is 0. The van der Waals surface area contributed by atoms with Gasteiger partial charge in [0.2, 0.25) is 0 Å². The Kier molecular flexibility index (Phi) is 5.65. The van der Waals surface area contributed by atoms with E-state index >= 15 is 0 Å². The van der Waals surface area contributed by atoms with E-state index in [1.54, 1.807) is 4.90 Å². The smallest absolute Gasteiger partial charge is 0.290 e. The molecule has 4 rings (SSSR count). The van der Waals surface area contributed by atoms with Crippen LogP contribution in [-0.2, 0) is 11.3 Å². The van der Waals surface area contributed by atoms with Gasteiger partial charge in [0.1, 0.15) is 0 Å². The van der Waals surface area contributed by atoms with Crippen LogP contribution in [0.3, 0.4) is 0 Å². The van der Waals surface area contributed by atoms with Gasteiger partial charge in [-0.2, -0.15) is 0 Å². The van der Waals surface area contributed by atoms with Crippen LogP contribution in [0.2, 0.25) is 5.02 Å². The van der Waals surface area contributed by atoms with Crippen molar-refractivity contribution in [3.8, 4) is 0 Å². The van der Waals surface area contributed by atoms with E-state index in [9.17, 15) is 9.90 Å². The van der Waals surface area contributed by atoms with Crippen LogP contribution < -0.4 is 0 Å². The molecule has 3 nitrogen and oxygen atoms in total. The average Bonchev–Trinajstić information content (AvgIpc) is 3.01. The molecule has 0 saturated carbocycles. The van der Waals surface area contributed by atoms with Crippen molar-refractivity contribution in [1.29, 1.82) is 0 Å². The van der Waals surface area contributed by atoms with Crippen molar-refractivity contribution in [3.63, 3.8) is 0 Å². The van der Waals surface area contributed by atoms with Crippen molar-refractivity contribution < 1.29 is 9.90 Å². The number of rotatable bonds is 5. The fourth-order valence-electron chi connectivity index (χ4n) is 3.93. The minimum atomic E-state index is -0.364. The van der Waals surface area contributed by atoms with Gasteiger partial charge in [-0.15, -0.1) is 0 Å². The van der Waals surface area contributed by atoms with E-state index in [-0.39, 0.29) is 17.7 Å². The standard InChI is InChI=1S/C26H24ClNO2/c1-17(2)19-10-12-21(13-11-19)24-23(20-6-4-3-5-7-20)25(29)26(30)28(24)16-18-8-14-22(27)15-9-18/h3-15,17,24,29H,16H2,1-2H3/t24-/m1/s1. The summed E-state index contributed by atoms with van der Waals surface area (Å²) in [5, 5.41) is 11.5. The number of hydrogen-bond donors (Lipinski definition) is 1. The monoisotopic (exact) mass is 417 g/mol. The lowest BCUT2D eigenvalue weighted by Crippen LogP contribution is -2.29. The third kappa shape index (κ3) is 3.86. The predicted molar refractivity (Wildman–Crippen MR) is 121 cm³/mol. The summed E-state index contributed by atoms with van der Waals surface area (Å²) in [5.74, 6) is -0.123. The molecule has 0 fully saturated rings. The number of carbonyl (C=O) groups excluding carboxylic acids is 1. The maximum atomic E-state index is 13.1. The molecule has 1 N–H and O–H groups in total. The number of benzene rings is 3. The van der Waals surface area contributed by atoms with Crippen LogP contribution in [0.1, 0.15) is 48.1 Å². The first-order valence-corrected chi connectivity index (χ1v) is 10.5. The van der Waals surface area contributed by atoms with E-state index in [0.29, 0.717) is 23.1 Å². The molecule has 1 atom stereocenters. The largest absolute Gasteiger partial charge is 0.503 e. The Bertz CT molecular complexity index is 1070. The van der Waals surface area contributed by atoms with Crippen LogP contribution in [0.4, 0.5) is 0 Å². The lowest BCUT2D eigenvalue weighted by molar-refractivity contribution is -0.130. The average molecular weight is 418 g/mol. The number of aliphatic hydroxyl groups excluding tert-OH is 1. The molecule has 152 valence electrons. The summed E-state index contributed by atoms with van der Waals surface area (Å²) in [6.07, 6.45) is 0. The zero-order chi connectivity index (χ0) is 21.3. The van der Waals surface area contributed by atoms with Crippen molar-refractivity contribution in [2.45, 2.75) is 32.4 Å². The maximum Gasteiger partial charge on any atom is 0.290 e. The summed E-state index contributed by atoms with van der Waals surface area (Å²) in [7, 11) is 0. The van der Waals surface area contributed by atoms with Crippen molar-refractivity contribution in [3.05, 3.63) is 112 Å². The molecular formula is C26H24ClNO2. The lowest BCUT2D eigenvalue weighted by Gasteiger charge is -2.28. The van der Waals surface area contributed by atoms with Crippen molar-refractivity contribution in [2.24, 2.45) is 0 Å². The first-order chi connectivity index (χ1) is 14.5. The molecule has 0 radical (unpaired) electrons. The number of amides is 1. The fraction of sp³-hybridized carbons (Fsp3) is 0.192. The van der Waals surface area contributed by atoms with Gasteiger partial charge in [-0.05, 0) is 40.3 Å². The fourth-order valence-corrected chi connectivity index (χ4v) is 4.05. The van der Waals surface area contributed by atoms with Gasteiger partial charge in [-0.1, -0.05) is 92.2 Å². The second kappa shape index (κ2) is 8.37. The van der Waals surface area contributed by atoms with Crippen LogP contribution in [0.15, 0.2) is 84.6 Å². The van der Waals surface area contributed by atoms with Gasteiger partial charge < -0.3 is 10.0 Å². The van der Waals surface area contributed by atoms with Crippen LogP contribution in [0.25, 0.3) is 5.57 Å².